The molecule has 0 aromatic heterocycles. The molecule has 6 nitrogen and oxygen atoms in total. The van der Waals surface area contributed by atoms with Crippen molar-refractivity contribution < 1.29 is 18.9 Å². The number of benzene rings is 2. The summed E-state index contributed by atoms with van der Waals surface area (Å²) >= 11 is 0. The Bertz CT molecular complexity index is 718. The molecule has 2 aromatic rings. The molecule has 6 heteroatoms. The van der Waals surface area contributed by atoms with E-state index in [0.29, 0.717) is 0 Å². The topological polar surface area (TPSA) is 52.2 Å². The van der Waals surface area contributed by atoms with Gasteiger partial charge >= 0.3 is 0 Å². The zero-order valence-electron chi connectivity index (χ0n) is 17.2. The number of rotatable bonds is 7. The first-order valence-electron chi connectivity index (χ1n) is 9.60. The van der Waals surface area contributed by atoms with Gasteiger partial charge in [-0.2, -0.15) is 0 Å². The first-order valence-corrected chi connectivity index (χ1v) is 9.60. The fourth-order valence-electron chi connectivity index (χ4n) is 3.78. The number of methoxy groups -OCH3 is 4. The molecule has 2 aromatic carbocycles. The predicted octanol–water partition coefficient (Wildman–Crippen LogP) is 3.11. The van der Waals surface area contributed by atoms with E-state index in [1.807, 2.05) is 12.1 Å². The first-order chi connectivity index (χ1) is 13.7. The minimum absolute atomic E-state index is 0.0829. The average molecular weight is 386 g/mol. The molecular formula is C22H30N2O4. The Balaban J connectivity index is 2.07. The van der Waals surface area contributed by atoms with Crippen molar-refractivity contribution in [1.82, 2.24) is 10.2 Å². The van der Waals surface area contributed by atoms with Crippen molar-refractivity contribution in [3.63, 3.8) is 0 Å². The van der Waals surface area contributed by atoms with Crippen molar-refractivity contribution in [2.24, 2.45) is 0 Å². The third-order valence-electron chi connectivity index (χ3n) is 5.19. The van der Waals surface area contributed by atoms with E-state index < -0.39 is 0 Å². The van der Waals surface area contributed by atoms with E-state index in [4.69, 9.17) is 18.9 Å². The van der Waals surface area contributed by atoms with Crippen molar-refractivity contribution in [3.8, 4) is 23.0 Å². The summed E-state index contributed by atoms with van der Waals surface area (Å²) in [7, 11) is 6.65. The average Bonchev–Trinajstić information content (AvgIpc) is 3.03. The smallest absolute Gasteiger partial charge is 0.161 e. The van der Waals surface area contributed by atoms with E-state index >= 15 is 0 Å². The molecule has 0 bridgehead atoms. The lowest BCUT2D eigenvalue weighted by Gasteiger charge is -2.32. The summed E-state index contributed by atoms with van der Waals surface area (Å²) in [5.74, 6) is 2.93. The summed E-state index contributed by atoms with van der Waals surface area (Å²) in [4.78, 5) is 2.50. The second kappa shape index (κ2) is 9.66. The molecule has 0 amide bonds. The molecule has 0 radical (unpaired) electrons. The summed E-state index contributed by atoms with van der Waals surface area (Å²) in [6, 6.07) is 12.4. The van der Waals surface area contributed by atoms with Gasteiger partial charge in [-0.15, -0.1) is 0 Å². The maximum atomic E-state index is 5.56. The van der Waals surface area contributed by atoms with Gasteiger partial charge in [0.05, 0.1) is 34.5 Å². The largest absolute Gasteiger partial charge is 0.493 e. The third kappa shape index (κ3) is 4.34. The number of hydrogen-bond acceptors (Lipinski definition) is 6. The summed E-state index contributed by atoms with van der Waals surface area (Å²) in [5.41, 5.74) is 2.32. The molecule has 1 aliphatic heterocycles. The third-order valence-corrected chi connectivity index (χ3v) is 5.19. The highest BCUT2D eigenvalue weighted by atomic mass is 16.5. The standard InChI is InChI=1S/C22H30N2O4/c1-25-18-8-6-16(14-20(18)27-3)22(24-12-5-10-23-11-13-24)17-7-9-19(26-2)21(15-17)28-4/h6-9,14-15,22-23H,5,10-13H2,1-4H3. The Hall–Kier alpha value is -2.44. The van der Waals surface area contributed by atoms with E-state index in [2.05, 4.69) is 34.5 Å². The van der Waals surface area contributed by atoms with Crippen LogP contribution in [0.15, 0.2) is 36.4 Å². The van der Waals surface area contributed by atoms with Crippen LogP contribution >= 0.6 is 0 Å². The van der Waals surface area contributed by atoms with E-state index in [9.17, 15) is 0 Å². The second-order valence-corrected chi connectivity index (χ2v) is 6.77. The van der Waals surface area contributed by atoms with Gasteiger partial charge in [0, 0.05) is 19.6 Å². The van der Waals surface area contributed by atoms with Crippen LogP contribution in [0.2, 0.25) is 0 Å². The van der Waals surface area contributed by atoms with Crippen LogP contribution in [-0.4, -0.2) is 59.5 Å². The van der Waals surface area contributed by atoms with Crippen molar-refractivity contribution in [3.05, 3.63) is 47.5 Å². The van der Waals surface area contributed by atoms with Crippen LogP contribution in [-0.2, 0) is 0 Å². The molecule has 1 fully saturated rings. The minimum atomic E-state index is 0.0829. The Morgan fingerprint density at radius 2 is 1.25 bits per heavy atom. The first kappa shape index (κ1) is 20.3. The van der Waals surface area contributed by atoms with E-state index in [-0.39, 0.29) is 6.04 Å². The molecule has 28 heavy (non-hydrogen) atoms. The molecule has 1 N–H and O–H groups in total. The Morgan fingerprint density at radius 3 is 1.75 bits per heavy atom. The number of ether oxygens (including phenoxy) is 4. The lowest BCUT2D eigenvalue weighted by atomic mass is 9.95. The fraction of sp³-hybridized carbons (Fsp3) is 0.455. The molecule has 1 saturated heterocycles. The molecule has 0 unspecified atom stereocenters. The van der Waals surface area contributed by atoms with Gasteiger partial charge in [-0.25, -0.2) is 0 Å². The van der Waals surface area contributed by atoms with Gasteiger partial charge < -0.3 is 24.3 Å². The Kier molecular flexibility index (Phi) is 7.01. The quantitative estimate of drug-likeness (QED) is 0.789. The second-order valence-electron chi connectivity index (χ2n) is 6.77. The Morgan fingerprint density at radius 1 is 0.714 bits per heavy atom. The van der Waals surface area contributed by atoms with E-state index in [1.165, 1.54) is 0 Å². The van der Waals surface area contributed by atoms with Gasteiger partial charge in [-0.1, -0.05) is 12.1 Å². The minimum Gasteiger partial charge on any atom is -0.493 e. The van der Waals surface area contributed by atoms with Crippen LogP contribution in [0.5, 0.6) is 23.0 Å². The highest BCUT2D eigenvalue weighted by Gasteiger charge is 2.25. The summed E-state index contributed by atoms with van der Waals surface area (Å²) in [5, 5.41) is 3.49. The van der Waals surface area contributed by atoms with Crippen molar-refractivity contribution in [1.29, 1.82) is 0 Å². The van der Waals surface area contributed by atoms with Crippen LogP contribution in [0.3, 0.4) is 0 Å². The molecule has 1 aliphatic rings. The molecule has 0 saturated carbocycles. The Labute approximate surface area is 167 Å². The van der Waals surface area contributed by atoms with Crippen LogP contribution in [0.1, 0.15) is 23.6 Å². The van der Waals surface area contributed by atoms with Gasteiger partial charge in [-0.05, 0) is 48.4 Å². The van der Waals surface area contributed by atoms with E-state index in [0.717, 1.165) is 66.7 Å². The lowest BCUT2D eigenvalue weighted by Crippen LogP contribution is -2.33. The monoisotopic (exact) mass is 386 g/mol. The maximum absolute atomic E-state index is 5.56. The van der Waals surface area contributed by atoms with Gasteiger partial charge in [0.25, 0.3) is 0 Å². The highest BCUT2D eigenvalue weighted by Crippen LogP contribution is 2.38. The number of nitrogens with zero attached hydrogens (tertiary/aromatic N) is 1. The molecule has 0 aliphatic carbocycles. The number of hydrogen-bond donors (Lipinski definition) is 1. The normalized spacial score (nSPS) is 15.2. The molecule has 0 spiro atoms. The zero-order chi connectivity index (χ0) is 19.9. The summed E-state index contributed by atoms with van der Waals surface area (Å²) < 4.78 is 22.0. The highest BCUT2D eigenvalue weighted by molar-refractivity contribution is 5.49. The SMILES string of the molecule is COc1ccc(C(c2ccc(OC)c(OC)c2)N2CCCNCC2)cc1OC. The lowest BCUT2D eigenvalue weighted by molar-refractivity contribution is 0.239. The van der Waals surface area contributed by atoms with Crippen LogP contribution < -0.4 is 24.3 Å². The van der Waals surface area contributed by atoms with Crippen molar-refractivity contribution >= 4 is 0 Å². The summed E-state index contributed by atoms with van der Waals surface area (Å²) in [6.45, 7) is 3.99. The molecular weight excluding hydrogens is 356 g/mol. The van der Waals surface area contributed by atoms with Crippen LogP contribution in [0.25, 0.3) is 0 Å². The zero-order valence-corrected chi connectivity index (χ0v) is 17.2. The van der Waals surface area contributed by atoms with Crippen LogP contribution in [0.4, 0.5) is 0 Å². The van der Waals surface area contributed by atoms with Gasteiger partial charge in [0.15, 0.2) is 23.0 Å². The van der Waals surface area contributed by atoms with E-state index in [1.54, 1.807) is 28.4 Å². The number of nitrogens with one attached hydrogen (secondary N) is 1. The van der Waals surface area contributed by atoms with Gasteiger partial charge in [0.2, 0.25) is 0 Å². The molecule has 1 heterocycles. The molecule has 3 rings (SSSR count). The molecule has 152 valence electrons. The molecule has 0 atom stereocenters. The predicted molar refractivity (Wildman–Crippen MR) is 110 cm³/mol. The van der Waals surface area contributed by atoms with Gasteiger partial charge in [-0.3, -0.25) is 4.90 Å². The maximum Gasteiger partial charge on any atom is 0.161 e. The van der Waals surface area contributed by atoms with Crippen molar-refractivity contribution in [2.75, 3.05) is 54.6 Å². The fourth-order valence-corrected chi connectivity index (χ4v) is 3.78. The van der Waals surface area contributed by atoms with Gasteiger partial charge in [0.1, 0.15) is 0 Å². The van der Waals surface area contributed by atoms with Crippen molar-refractivity contribution in [2.45, 2.75) is 12.5 Å². The summed E-state index contributed by atoms with van der Waals surface area (Å²) in [6.07, 6.45) is 1.11. The van der Waals surface area contributed by atoms with Crippen LogP contribution in [0, 0.1) is 0 Å².